The highest BCUT2D eigenvalue weighted by Gasteiger charge is 2.52. The Kier molecular flexibility index (Phi) is 4.47. The van der Waals surface area contributed by atoms with Gasteiger partial charge in [-0.2, -0.15) is 0 Å². The van der Waals surface area contributed by atoms with Gasteiger partial charge in [0.25, 0.3) is 0 Å². The number of rotatable bonds is 6. The van der Waals surface area contributed by atoms with Gasteiger partial charge >= 0.3 is 11.9 Å². The molecule has 17 heavy (non-hydrogen) atoms. The molecule has 1 saturated heterocycles. The molecule has 2 unspecified atom stereocenters. The lowest BCUT2D eigenvalue weighted by Crippen LogP contribution is -2.36. The molecule has 0 spiro atoms. The van der Waals surface area contributed by atoms with Crippen LogP contribution in [0.2, 0.25) is 0 Å². The summed E-state index contributed by atoms with van der Waals surface area (Å²) < 4.78 is 10.7. The van der Waals surface area contributed by atoms with Crippen LogP contribution < -0.4 is 0 Å². The standard InChI is InChI=1S/C11H18O6/c1-3-5-11(6-4-2)16-7(9(12)13)8(17-11)10(14)15/h7-8H,3-6H2,1-2H3,(H,12,13)(H,14,15). The van der Waals surface area contributed by atoms with E-state index in [1.165, 1.54) is 0 Å². The zero-order valence-electron chi connectivity index (χ0n) is 10.0. The Labute approximate surface area is 99.5 Å². The molecule has 1 fully saturated rings. The highest BCUT2D eigenvalue weighted by Crippen LogP contribution is 2.36. The quantitative estimate of drug-likeness (QED) is 0.732. The van der Waals surface area contributed by atoms with Crippen molar-refractivity contribution in [3.8, 4) is 0 Å². The van der Waals surface area contributed by atoms with Crippen molar-refractivity contribution in [3.63, 3.8) is 0 Å². The molecule has 0 aromatic carbocycles. The summed E-state index contributed by atoms with van der Waals surface area (Å²) >= 11 is 0. The topological polar surface area (TPSA) is 93.1 Å². The second kappa shape index (κ2) is 5.46. The molecule has 2 N–H and O–H groups in total. The van der Waals surface area contributed by atoms with Crippen LogP contribution in [0.3, 0.4) is 0 Å². The molecule has 1 heterocycles. The van der Waals surface area contributed by atoms with Crippen LogP contribution in [0, 0.1) is 0 Å². The molecule has 0 bridgehead atoms. The zero-order chi connectivity index (χ0) is 13.1. The van der Waals surface area contributed by atoms with E-state index in [9.17, 15) is 9.59 Å². The maximum atomic E-state index is 10.9. The summed E-state index contributed by atoms with van der Waals surface area (Å²) in [5.41, 5.74) is 0. The molecule has 98 valence electrons. The number of aliphatic carboxylic acids is 2. The maximum absolute atomic E-state index is 10.9. The lowest BCUT2D eigenvalue weighted by atomic mass is 10.1. The first kappa shape index (κ1) is 13.9. The van der Waals surface area contributed by atoms with Crippen LogP contribution in [0.25, 0.3) is 0 Å². The molecule has 6 nitrogen and oxygen atoms in total. The summed E-state index contributed by atoms with van der Waals surface area (Å²) in [5, 5.41) is 17.9. The molecule has 6 heteroatoms. The molecule has 0 saturated carbocycles. The Balaban J connectivity index is 2.90. The number of hydrogen-bond acceptors (Lipinski definition) is 4. The molecule has 0 aliphatic carbocycles. The van der Waals surface area contributed by atoms with Crippen LogP contribution >= 0.6 is 0 Å². The summed E-state index contributed by atoms with van der Waals surface area (Å²) in [5.74, 6) is -3.66. The van der Waals surface area contributed by atoms with Crippen molar-refractivity contribution in [2.24, 2.45) is 0 Å². The van der Waals surface area contributed by atoms with Gasteiger partial charge in [-0.15, -0.1) is 0 Å². The predicted octanol–water partition coefficient (Wildman–Crippen LogP) is 1.24. The van der Waals surface area contributed by atoms with E-state index < -0.39 is 29.9 Å². The molecule has 1 rings (SSSR count). The molecule has 0 aromatic rings. The zero-order valence-corrected chi connectivity index (χ0v) is 10.0. The van der Waals surface area contributed by atoms with E-state index >= 15 is 0 Å². The summed E-state index contributed by atoms with van der Waals surface area (Å²) in [4.78, 5) is 21.9. The lowest BCUT2D eigenvalue weighted by molar-refractivity contribution is -0.194. The molecule has 0 amide bonds. The average molecular weight is 246 g/mol. The van der Waals surface area contributed by atoms with E-state index in [1.807, 2.05) is 13.8 Å². The van der Waals surface area contributed by atoms with E-state index in [0.717, 1.165) is 12.8 Å². The molecule has 0 radical (unpaired) electrons. The highest BCUT2D eigenvalue weighted by molar-refractivity contribution is 5.84. The van der Waals surface area contributed by atoms with Crippen molar-refractivity contribution in [1.82, 2.24) is 0 Å². The van der Waals surface area contributed by atoms with Crippen LogP contribution in [-0.4, -0.2) is 40.1 Å². The van der Waals surface area contributed by atoms with E-state index in [1.54, 1.807) is 0 Å². The van der Waals surface area contributed by atoms with Gasteiger partial charge in [0.05, 0.1) is 0 Å². The van der Waals surface area contributed by atoms with E-state index in [-0.39, 0.29) is 0 Å². The largest absolute Gasteiger partial charge is 0.479 e. The Morgan fingerprint density at radius 3 is 1.59 bits per heavy atom. The minimum atomic E-state index is -1.43. The third kappa shape index (κ3) is 2.95. The van der Waals surface area contributed by atoms with Crippen LogP contribution in [0.15, 0.2) is 0 Å². The van der Waals surface area contributed by atoms with Gasteiger partial charge in [-0.25, -0.2) is 9.59 Å². The second-order valence-electron chi connectivity index (χ2n) is 4.16. The number of hydrogen-bond donors (Lipinski definition) is 2. The monoisotopic (exact) mass is 246 g/mol. The van der Waals surface area contributed by atoms with Gasteiger partial charge in [0, 0.05) is 12.8 Å². The van der Waals surface area contributed by atoms with Crippen LogP contribution in [0.1, 0.15) is 39.5 Å². The van der Waals surface area contributed by atoms with Crippen molar-refractivity contribution in [2.45, 2.75) is 57.5 Å². The van der Waals surface area contributed by atoms with Gasteiger partial charge in [-0.05, 0) is 0 Å². The van der Waals surface area contributed by atoms with E-state index in [2.05, 4.69) is 0 Å². The van der Waals surface area contributed by atoms with Crippen molar-refractivity contribution >= 4 is 11.9 Å². The SMILES string of the molecule is CCCC1(CCC)OC(C(=O)O)C(C(=O)O)O1. The third-order valence-electron chi connectivity index (χ3n) is 2.71. The lowest BCUT2D eigenvalue weighted by Gasteiger charge is -2.26. The van der Waals surface area contributed by atoms with Gasteiger partial charge in [0.15, 0.2) is 18.0 Å². The predicted molar refractivity (Wildman–Crippen MR) is 57.6 cm³/mol. The first-order valence-corrected chi connectivity index (χ1v) is 5.77. The Bertz CT molecular complexity index is 270. The highest BCUT2D eigenvalue weighted by atomic mass is 16.8. The first-order chi connectivity index (χ1) is 7.95. The van der Waals surface area contributed by atoms with E-state index in [0.29, 0.717) is 12.8 Å². The number of carboxylic acid groups (broad SMARTS) is 2. The van der Waals surface area contributed by atoms with Gasteiger partial charge in [0.1, 0.15) is 0 Å². The Morgan fingerprint density at radius 2 is 1.35 bits per heavy atom. The Morgan fingerprint density at radius 1 is 1.00 bits per heavy atom. The van der Waals surface area contributed by atoms with Gasteiger partial charge in [-0.3, -0.25) is 0 Å². The number of ether oxygens (including phenoxy) is 2. The van der Waals surface area contributed by atoms with Crippen molar-refractivity contribution in [2.75, 3.05) is 0 Å². The van der Waals surface area contributed by atoms with Gasteiger partial charge in [-0.1, -0.05) is 26.7 Å². The molecule has 1 aliphatic rings. The van der Waals surface area contributed by atoms with E-state index in [4.69, 9.17) is 19.7 Å². The third-order valence-corrected chi connectivity index (χ3v) is 2.71. The summed E-state index contributed by atoms with van der Waals surface area (Å²) in [6.45, 7) is 3.82. The molecular weight excluding hydrogens is 228 g/mol. The van der Waals surface area contributed by atoms with Crippen molar-refractivity contribution in [3.05, 3.63) is 0 Å². The van der Waals surface area contributed by atoms with Crippen LogP contribution in [-0.2, 0) is 19.1 Å². The second-order valence-corrected chi connectivity index (χ2v) is 4.16. The van der Waals surface area contributed by atoms with Crippen molar-refractivity contribution in [1.29, 1.82) is 0 Å². The smallest absolute Gasteiger partial charge is 0.336 e. The first-order valence-electron chi connectivity index (χ1n) is 5.77. The maximum Gasteiger partial charge on any atom is 0.336 e. The Hall–Kier alpha value is -1.14. The minimum absolute atomic E-state index is 0.494. The molecule has 0 aromatic heterocycles. The molecular formula is C11H18O6. The van der Waals surface area contributed by atoms with Crippen molar-refractivity contribution < 1.29 is 29.3 Å². The fourth-order valence-corrected chi connectivity index (χ4v) is 2.10. The van der Waals surface area contributed by atoms with Gasteiger partial charge < -0.3 is 19.7 Å². The normalized spacial score (nSPS) is 26.9. The fourth-order valence-electron chi connectivity index (χ4n) is 2.10. The van der Waals surface area contributed by atoms with Crippen LogP contribution in [0.4, 0.5) is 0 Å². The average Bonchev–Trinajstić information content (AvgIpc) is 2.59. The van der Waals surface area contributed by atoms with Gasteiger partial charge in [0.2, 0.25) is 0 Å². The summed E-state index contributed by atoms with van der Waals surface area (Å²) in [6.07, 6.45) is -0.392. The minimum Gasteiger partial charge on any atom is -0.479 e. The van der Waals surface area contributed by atoms with Crippen LogP contribution in [0.5, 0.6) is 0 Å². The number of carboxylic acids is 2. The molecule has 2 atom stereocenters. The fraction of sp³-hybridized carbons (Fsp3) is 0.818. The number of carbonyl (C=O) groups is 2. The summed E-state index contributed by atoms with van der Waals surface area (Å²) in [7, 11) is 0. The molecule has 1 aliphatic heterocycles. The summed E-state index contributed by atoms with van der Waals surface area (Å²) in [6, 6.07) is 0.